The molecule has 21 heavy (non-hydrogen) atoms. The monoisotopic (exact) mass is 310 g/mol. The fraction of sp³-hybridized carbons (Fsp3) is 0.429. The third-order valence-electron chi connectivity index (χ3n) is 2.85. The molecule has 0 fully saturated rings. The van der Waals surface area contributed by atoms with Gasteiger partial charge in [-0.3, -0.25) is 0 Å². The molecule has 2 unspecified atom stereocenters. The van der Waals surface area contributed by atoms with Crippen molar-refractivity contribution in [2.24, 2.45) is 5.92 Å². The van der Waals surface area contributed by atoms with Crippen LogP contribution >= 0.6 is 0 Å². The molecule has 5 nitrogen and oxygen atoms in total. The Hall–Kier alpha value is -1.44. The lowest BCUT2D eigenvalue weighted by molar-refractivity contribution is 0.553. The minimum Gasteiger partial charge on any atom is -0.598 e. The summed E-state index contributed by atoms with van der Waals surface area (Å²) in [5, 5.41) is 3.86. The summed E-state index contributed by atoms with van der Waals surface area (Å²) in [5.41, 5.74) is 0.920. The van der Waals surface area contributed by atoms with Crippen molar-refractivity contribution >= 4 is 11.4 Å². The predicted octanol–water partition coefficient (Wildman–Crippen LogP) is 2.38. The molecular formula is C14H19FN4OS. The van der Waals surface area contributed by atoms with Crippen molar-refractivity contribution in [3.05, 3.63) is 42.1 Å². The molecule has 0 aliphatic rings. The fourth-order valence-electron chi connectivity index (χ4n) is 1.83. The van der Waals surface area contributed by atoms with Crippen molar-refractivity contribution in [3.63, 3.8) is 0 Å². The second-order valence-corrected chi connectivity index (χ2v) is 6.56. The van der Waals surface area contributed by atoms with Crippen molar-refractivity contribution < 1.29 is 8.94 Å². The molecule has 0 aromatic carbocycles. The van der Waals surface area contributed by atoms with Gasteiger partial charge in [0.05, 0.1) is 18.4 Å². The minimum absolute atomic E-state index is 0.0690. The van der Waals surface area contributed by atoms with E-state index in [0.717, 1.165) is 11.8 Å². The van der Waals surface area contributed by atoms with Crippen LogP contribution in [0.2, 0.25) is 0 Å². The quantitative estimate of drug-likeness (QED) is 0.832. The lowest BCUT2D eigenvalue weighted by Crippen LogP contribution is -2.31. The molecule has 0 saturated carbocycles. The van der Waals surface area contributed by atoms with Crippen LogP contribution in [0.25, 0.3) is 5.82 Å². The van der Waals surface area contributed by atoms with Crippen molar-refractivity contribution in [1.82, 2.24) is 19.5 Å². The van der Waals surface area contributed by atoms with Crippen LogP contribution in [0.1, 0.15) is 32.4 Å². The molecule has 0 saturated heterocycles. The van der Waals surface area contributed by atoms with Gasteiger partial charge in [0.1, 0.15) is 5.75 Å². The van der Waals surface area contributed by atoms with Gasteiger partial charge in [0.15, 0.2) is 11.6 Å². The van der Waals surface area contributed by atoms with Crippen LogP contribution in [0.15, 0.2) is 30.7 Å². The number of pyridine rings is 1. The van der Waals surface area contributed by atoms with Gasteiger partial charge in [-0.05, 0) is 24.5 Å². The zero-order valence-electron chi connectivity index (χ0n) is 12.3. The first-order valence-corrected chi connectivity index (χ1v) is 8.08. The predicted molar refractivity (Wildman–Crippen MR) is 80.7 cm³/mol. The third kappa shape index (κ3) is 4.52. The van der Waals surface area contributed by atoms with Crippen molar-refractivity contribution in [2.45, 2.75) is 26.8 Å². The highest BCUT2D eigenvalue weighted by molar-refractivity contribution is 7.89. The third-order valence-corrected chi connectivity index (χ3v) is 4.44. The van der Waals surface area contributed by atoms with Crippen molar-refractivity contribution in [1.29, 1.82) is 0 Å². The van der Waals surface area contributed by atoms with Crippen LogP contribution in [0.3, 0.4) is 0 Å². The molecule has 0 aliphatic carbocycles. The topological polar surface area (TPSA) is 65.8 Å². The first-order valence-electron chi connectivity index (χ1n) is 6.76. The Labute approximate surface area is 126 Å². The van der Waals surface area contributed by atoms with E-state index in [0.29, 0.717) is 17.5 Å². The maximum Gasteiger partial charge on any atom is 0.161 e. The maximum atomic E-state index is 12.9. The van der Waals surface area contributed by atoms with Gasteiger partial charge in [0, 0.05) is 17.6 Å². The van der Waals surface area contributed by atoms with Crippen LogP contribution in [0.5, 0.6) is 0 Å². The van der Waals surface area contributed by atoms with Gasteiger partial charge in [-0.2, -0.15) is 5.10 Å². The molecule has 2 aromatic heterocycles. The van der Waals surface area contributed by atoms with Gasteiger partial charge < -0.3 is 4.55 Å². The Balaban J connectivity index is 2.01. The average molecular weight is 310 g/mol. The first kappa shape index (κ1) is 15.9. The van der Waals surface area contributed by atoms with Crippen LogP contribution < -0.4 is 4.72 Å². The van der Waals surface area contributed by atoms with Crippen molar-refractivity contribution in [2.75, 3.05) is 5.75 Å². The van der Waals surface area contributed by atoms with Gasteiger partial charge >= 0.3 is 0 Å². The summed E-state index contributed by atoms with van der Waals surface area (Å²) in [7, 11) is 0. The molecule has 2 aromatic rings. The zero-order valence-corrected chi connectivity index (χ0v) is 13.1. The Morgan fingerprint density at radius 1 is 1.33 bits per heavy atom. The Morgan fingerprint density at radius 3 is 2.62 bits per heavy atom. The summed E-state index contributed by atoms with van der Waals surface area (Å²) in [6.07, 6.45) is 4.08. The van der Waals surface area contributed by atoms with E-state index in [-0.39, 0.29) is 6.04 Å². The van der Waals surface area contributed by atoms with E-state index in [2.05, 4.69) is 14.8 Å². The van der Waals surface area contributed by atoms with Crippen LogP contribution in [0.4, 0.5) is 4.39 Å². The van der Waals surface area contributed by atoms with Gasteiger partial charge in [-0.15, -0.1) is 4.72 Å². The van der Waals surface area contributed by atoms with Gasteiger partial charge in [0.25, 0.3) is 0 Å². The lowest BCUT2D eigenvalue weighted by atomic mass is 10.1. The fourth-order valence-corrected chi connectivity index (χ4v) is 3.06. The lowest BCUT2D eigenvalue weighted by Gasteiger charge is -2.18. The molecule has 0 bridgehead atoms. The Morgan fingerprint density at radius 2 is 2.10 bits per heavy atom. The average Bonchev–Trinajstić information content (AvgIpc) is 2.84. The van der Waals surface area contributed by atoms with Crippen LogP contribution in [0, 0.1) is 11.7 Å². The molecule has 0 radical (unpaired) electrons. The van der Waals surface area contributed by atoms with E-state index >= 15 is 0 Å². The second kappa shape index (κ2) is 7.02. The Kier molecular flexibility index (Phi) is 5.33. The summed E-state index contributed by atoms with van der Waals surface area (Å²) < 4.78 is 29.2. The number of nitrogens with one attached hydrogen (secondary N) is 1. The summed E-state index contributed by atoms with van der Waals surface area (Å²) in [4.78, 5) is 4.25. The molecule has 2 heterocycles. The van der Waals surface area contributed by atoms with Gasteiger partial charge in [-0.25, -0.2) is 14.1 Å². The zero-order chi connectivity index (χ0) is 15.4. The highest BCUT2D eigenvalue weighted by atomic mass is 32.2. The van der Waals surface area contributed by atoms with Crippen molar-refractivity contribution in [3.8, 4) is 5.82 Å². The molecule has 2 atom stereocenters. The largest absolute Gasteiger partial charge is 0.598 e. The van der Waals surface area contributed by atoms with E-state index in [4.69, 9.17) is 0 Å². The molecule has 0 aliphatic heterocycles. The summed E-state index contributed by atoms with van der Waals surface area (Å²) in [6.45, 7) is 6.00. The van der Waals surface area contributed by atoms with Crippen LogP contribution in [-0.2, 0) is 11.4 Å². The minimum atomic E-state index is -1.06. The number of halogens is 1. The molecule has 2 rings (SSSR count). The SMILES string of the molecule is CC(C)C[S+]([O-])NC(C)c1ccc(-n2cc(F)cn2)nc1. The van der Waals surface area contributed by atoms with E-state index in [1.807, 2.05) is 26.8 Å². The normalized spacial score (nSPS) is 14.4. The molecule has 114 valence electrons. The van der Waals surface area contributed by atoms with E-state index in [1.54, 1.807) is 12.3 Å². The summed E-state index contributed by atoms with van der Waals surface area (Å²) >= 11 is -1.06. The van der Waals surface area contributed by atoms with Crippen LogP contribution in [-0.4, -0.2) is 25.1 Å². The Bertz CT molecular complexity index is 573. The molecule has 0 spiro atoms. The number of hydrogen-bond acceptors (Lipinski definition) is 4. The molecule has 1 N–H and O–H groups in total. The molecule has 7 heteroatoms. The maximum absolute atomic E-state index is 12.9. The number of hydrogen-bond donors (Lipinski definition) is 1. The van der Waals surface area contributed by atoms with E-state index < -0.39 is 17.2 Å². The number of rotatable bonds is 6. The highest BCUT2D eigenvalue weighted by Crippen LogP contribution is 2.15. The van der Waals surface area contributed by atoms with Gasteiger partial charge in [0.2, 0.25) is 0 Å². The second-order valence-electron chi connectivity index (χ2n) is 5.30. The van der Waals surface area contributed by atoms with E-state index in [9.17, 15) is 8.94 Å². The molecular weight excluding hydrogens is 291 g/mol. The standard InChI is InChI=1S/C14H19FN4OS/c1-10(2)9-21(20)18-11(3)12-4-5-14(16-6-12)19-8-13(15)7-17-19/h4-8,10-11,18H,9H2,1-3H3. The number of nitrogens with zero attached hydrogens (tertiary/aromatic N) is 3. The highest BCUT2D eigenvalue weighted by Gasteiger charge is 2.15. The first-order chi connectivity index (χ1) is 9.95. The smallest absolute Gasteiger partial charge is 0.161 e. The molecule has 0 amide bonds. The van der Waals surface area contributed by atoms with Gasteiger partial charge in [-0.1, -0.05) is 19.9 Å². The number of aromatic nitrogens is 3. The summed E-state index contributed by atoms with van der Waals surface area (Å²) in [6, 6.07) is 3.55. The van der Waals surface area contributed by atoms with E-state index in [1.165, 1.54) is 10.9 Å². The summed E-state index contributed by atoms with van der Waals surface area (Å²) in [5.74, 6) is 1.13.